The predicted octanol–water partition coefficient (Wildman–Crippen LogP) is 3.90. The number of halogens is 1. The highest BCUT2D eigenvalue weighted by Crippen LogP contribution is 2.38. The lowest BCUT2D eigenvalue weighted by Crippen LogP contribution is -2.25. The Balaban J connectivity index is 2.15. The first-order valence-electron chi connectivity index (χ1n) is 5.60. The van der Waals surface area contributed by atoms with Crippen LogP contribution in [0.3, 0.4) is 0 Å². The Morgan fingerprint density at radius 2 is 1.89 bits per heavy atom. The number of rotatable bonds is 1. The highest BCUT2D eigenvalue weighted by atomic mass is 35.5. The predicted molar refractivity (Wildman–Crippen MR) is 73.1 cm³/mol. The zero-order valence-electron chi connectivity index (χ0n) is 9.45. The van der Waals surface area contributed by atoms with E-state index in [9.17, 15) is 5.21 Å². The third-order valence-corrected chi connectivity index (χ3v) is 3.20. The van der Waals surface area contributed by atoms with Crippen molar-refractivity contribution in [1.82, 2.24) is 5.06 Å². The molecule has 0 spiro atoms. The molecular formula is C14H10ClN2O-. The van der Waals surface area contributed by atoms with E-state index in [2.05, 4.69) is 4.99 Å². The minimum absolute atomic E-state index is 0.377. The molecule has 0 saturated carbocycles. The summed E-state index contributed by atoms with van der Waals surface area (Å²) < 4.78 is 0. The Labute approximate surface area is 110 Å². The molecule has 0 amide bonds. The van der Waals surface area contributed by atoms with E-state index in [1.54, 1.807) is 12.1 Å². The molecule has 2 aromatic rings. The van der Waals surface area contributed by atoms with E-state index >= 15 is 0 Å². The van der Waals surface area contributed by atoms with Crippen molar-refractivity contribution in [2.75, 3.05) is 0 Å². The quantitative estimate of drug-likeness (QED) is 0.777. The van der Waals surface area contributed by atoms with E-state index in [-0.39, 0.29) is 6.04 Å². The average molecular weight is 258 g/mol. The minimum atomic E-state index is -0.377. The largest absolute Gasteiger partial charge is 0.757 e. The second kappa shape index (κ2) is 4.44. The summed E-state index contributed by atoms with van der Waals surface area (Å²) in [6.07, 6.45) is 1.31. The molecule has 1 unspecified atom stereocenters. The van der Waals surface area contributed by atoms with Crippen LogP contribution in [-0.4, -0.2) is 11.4 Å². The van der Waals surface area contributed by atoms with Crippen LogP contribution in [0.2, 0.25) is 5.02 Å². The Morgan fingerprint density at radius 3 is 2.67 bits per heavy atom. The van der Waals surface area contributed by atoms with Crippen LogP contribution in [-0.2, 0) is 0 Å². The first-order valence-corrected chi connectivity index (χ1v) is 5.97. The van der Waals surface area contributed by atoms with Crippen LogP contribution in [0.15, 0.2) is 53.5 Å². The van der Waals surface area contributed by atoms with E-state index in [0.29, 0.717) is 5.02 Å². The van der Waals surface area contributed by atoms with Gasteiger partial charge in [-0.1, -0.05) is 41.9 Å². The summed E-state index contributed by atoms with van der Waals surface area (Å²) >= 11 is 6.00. The fourth-order valence-corrected chi connectivity index (χ4v) is 2.33. The van der Waals surface area contributed by atoms with E-state index in [1.165, 1.54) is 6.34 Å². The lowest BCUT2D eigenvalue weighted by molar-refractivity contribution is 0.479. The van der Waals surface area contributed by atoms with Gasteiger partial charge < -0.3 is 10.3 Å². The van der Waals surface area contributed by atoms with Gasteiger partial charge in [-0.25, -0.2) is 4.99 Å². The van der Waals surface area contributed by atoms with Crippen molar-refractivity contribution < 1.29 is 0 Å². The molecule has 18 heavy (non-hydrogen) atoms. The van der Waals surface area contributed by atoms with Crippen molar-refractivity contribution in [1.29, 1.82) is 0 Å². The molecule has 0 aliphatic carbocycles. The number of fused-ring (bicyclic) bond motifs is 1. The maximum atomic E-state index is 12.0. The van der Waals surface area contributed by atoms with E-state index in [4.69, 9.17) is 11.6 Å². The second-order valence-electron chi connectivity index (χ2n) is 4.12. The van der Waals surface area contributed by atoms with Gasteiger partial charge in [0.25, 0.3) is 0 Å². The van der Waals surface area contributed by atoms with Gasteiger partial charge in [-0.3, -0.25) is 0 Å². The molecule has 90 valence electrons. The van der Waals surface area contributed by atoms with Gasteiger partial charge in [-0.05, 0) is 23.8 Å². The lowest BCUT2D eigenvalue weighted by Gasteiger charge is -2.39. The Morgan fingerprint density at radius 1 is 1.11 bits per heavy atom. The van der Waals surface area contributed by atoms with Gasteiger partial charge in [-0.15, -0.1) is 0 Å². The van der Waals surface area contributed by atoms with Gasteiger partial charge in [0.1, 0.15) is 0 Å². The monoisotopic (exact) mass is 257 g/mol. The first-order chi connectivity index (χ1) is 8.75. The Kier molecular flexibility index (Phi) is 2.78. The van der Waals surface area contributed by atoms with Gasteiger partial charge >= 0.3 is 0 Å². The Bertz CT molecular complexity index is 598. The van der Waals surface area contributed by atoms with Crippen LogP contribution >= 0.6 is 11.6 Å². The van der Waals surface area contributed by atoms with Crippen LogP contribution in [0.5, 0.6) is 0 Å². The van der Waals surface area contributed by atoms with Gasteiger partial charge in [0.15, 0.2) is 0 Å². The number of benzene rings is 2. The zero-order chi connectivity index (χ0) is 12.5. The molecule has 3 rings (SSSR count). The van der Waals surface area contributed by atoms with Crippen LogP contribution in [0.25, 0.3) is 0 Å². The molecule has 1 aliphatic heterocycles. The molecule has 1 heterocycles. The fourth-order valence-electron chi connectivity index (χ4n) is 2.15. The average Bonchev–Trinajstić information content (AvgIpc) is 2.39. The van der Waals surface area contributed by atoms with Crippen LogP contribution in [0.1, 0.15) is 17.2 Å². The molecule has 3 nitrogen and oxygen atoms in total. The molecule has 0 fully saturated rings. The second-order valence-corrected chi connectivity index (χ2v) is 4.56. The number of hydroxylamine groups is 2. The summed E-state index contributed by atoms with van der Waals surface area (Å²) in [5.74, 6) is 0. The third-order valence-electron chi connectivity index (χ3n) is 2.96. The van der Waals surface area contributed by atoms with Gasteiger partial charge in [0, 0.05) is 10.6 Å². The SMILES string of the molecule is [O-]N1C=Nc2ccc(Cl)cc2C1c1ccccc1. The topological polar surface area (TPSA) is 38.7 Å². The van der Waals surface area contributed by atoms with Crippen molar-refractivity contribution in [3.05, 3.63) is 69.9 Å². The molecule has 2 aromatic carbocycles. The van der Waals surface area contributed by atoms with Crippen LogP contribution in [0.4, 0.5) is 5.69 Å². The third kappa shape index (κ3) is 1.88. The molecule has 0 bridgehead atoms. The maximum Gasteiger partial charge on any atom is 0.0812 e. The van der Waals surface area contributed by atoms with Crippen LogP contribution < -0.4 is 0 Å². The molecule has 4 heteroatoms. The van der Waals surface area contributed by atoms with Crippen molar-refractivity contribution in [2.45, 2.75) is 6.04 Å². The van der Waals surface area contributed by atoms with Gasteiger partial charge in [0.2, 0.25) is 0 Å². The van der Waals surface area contributed by atoms with E-state index < -0.39 is 0 Å². The summed E-state index contributed by atoms with van der Waals surface area (Å²) in [5.41, 5.74) is 2.56. The standard InChI is InChI=1S/C14H10ClN2O/c15-11-6-7-13-12(8-11)14(17(18)9-16-13)10-4-2-1-3-5-10/h1-9,14H/q-1. The zero-order valence-corrected chi connectivity index (χ0v) is 10.2. The highest BCUT2D eigenvalue weighted by molar-refractivity contribution is 6.30. The molecule has 0 saturated heterocycles. The highest BCUT2D eigenvalue weighted by Gasteiger charge is 2.21. The fraction of sp³-hybridized carbons (Fsp3) is 0.0714. The number of nitrogens with zero attached hydrogens (tertiary/aromatic N) is 2. The summed E-state index contributed by atoms with van der Waals surface area (Å²) in [4.78, 5) is 4.12. The molecule has 1 atom stereocenters. The molecule has 1 aliphatic rings. The first kappa shape index (κ1) is 11.3. The molecule has 0 aromatic heterocycles. The van der Waals surface area contributed by atoms with Crippen LogP contribution in [0, 0.1) is 5.21 Å². The minimum Gasteiger partial charge on any atom is -0.757 e. The molecule has 0 radical (unpaired) electrons. The smallest absolute Gasteiger partial charge is 0.0812 e. The molecular weight excluding hydrogens is 248 g/mol. The number of hydrogen-bond acceptors (Lipinski definition) is 3. The number of hydrogen-bond donors (Lipinski definition) is 0. The maximum absolute atomic E-state index is 12.0. The lowest BCUT2D eigenvalue weighted by atomic mass is 9.96. The normalized spacial score (nSPS) is 17.7. The van der Waals surface area contributed by atoms with E-state index in [0.717, 1.165) is 21.9 Å². The Hall–Kier alpha value is -1.84. The molecule has 0 N–H and O–H groups in total. The summed E-state index contributed by atoms with van der Waals surface area (Å²) in [5, 5.41) is 13.5. The van der Waals surface area contributed by atoms with Crippen molar-refractivity contribution in [3.63, 3.8) is 0 Å². The van der Waals surface area contributed by atoms with Gasteiger partial charge in [-0.2, -0.15) is 0 Å². The number of aliphatic imine (C=N–C) groups is 1. The van der Waals surface area contributed by atoms with Crippen molar-refractivity contribution in [2.24, 2.45) is 4.99 Å². The van der Waals surface area contributed by atoms with Crippen molar-refractivity contribution >= 4 is 23.6 Å². The summed E-state index contributed by atoms with van der Waals surface area (Å²) in [6.45, 7) is 0. The van der Waals surface area contributed by atoms with E-state index in [1.807, 2.05) is 36.4 Å². The summed E-state index contributed by atoms with van der Waals surface area (Å²) in [7, 11) is 0. The van der Waals surface area contributed by atoms with Crippen molar-refractivity contribution in [3.8, 4) is 0 Å². The van der Waals surface area contributed by atoms with Gasteiger partial charge in [0.05, 0.1) is 18.1 Å². The summed E-state index contributed by atoms with van der Waals surface area (Å²) in [6, 6.07) is 14.6.